The fourth-order valence-corrected chi connectivity index (χ4v) is 3.33. The highest BCUT2D eigenvalue weighted by Gasteiger charge is 2.20. The predicted octanol–water partition coefficient (Wildman–Crippen LogP) is 2.64. The molecule has 1 saturated heterocycles. The van der Waals surface area contributed by atoms with E-state index in [1.165, 1.54) is 0 Å². The van der Waals surface area contributed by atoms with Gasteiger partial charge in [-0.05, 0) is 23.3 Å². The van der Waals surface area contributed by atoms with Crippen LogP contribution in [0.15, 0.2) is 48.5 Å². The van der Waals surface area contributed by atoms with E-state index in [4.69, 9.17) is 9.84 Å². The third kappa shape index (κ3) is 4.31. The molecule has 1 fully saturated rings. The molecule has 5 heteroatoms. The summed E-state index contributed by atoms with van der Waals surface area (Å²) in [5.74, 6) is 0.121. The number of piperazine rings is 1. The lowest BCUT2D eigenvalue weighted by atomic mass is 10.0. The first-order valence-corrected chi connectivity index (χ1v) is 8.56. The lowest BCUT2D eigenvalue weighted by Gasteiger charge is -2.36. The summed E-state index contributed by atoms with van der Waals surface area (Å²) >= 11 is 0. The first-order chi connectivity index (χ1) is 12.2. The molecule has 1 aliphatic rings. The zero-order valence-electron chi connectivity index (χ0n) is 14.5. The van der Waals surface area contributed by atoms with Crippen molar-refractivity contribution in [2.75, 3.05) is 38.2 Å². The number of para-hydroxylation sites is 2. The maximum absolute atomic E-state index is 11.0. The van der Waals surface area contributed by atoms with E-state index >= 15 is 0 Å². The highest BCUT2D eigenvalue weighted by atomic mass is 16.5. The third-order valence-corrected chi connectivity index (χ3v) is 4.65. The maximum atomic E-state index is 11.0. The Morgan fingerprint density at radius 3 is 2.32 bits per heavy atom. The first-order valence-electron chi connectivity index (χ1n) is 8.56. The van der Waals surface area contributed by atoms with Gasteiger partial charge in [0, 0.05) is 32.7 Å². The van der Waals surface area contributed by atoms with Gasteiger partial charge in [0.15, 0.2) is 0 Å². The fraction of sp³-hybridized carbons (Fsp3) is 0.350. The molecule has 0 unspecified atom stereocenters. The second-order valence-electron chi connectivity index (χ2n) is 6.27. The highest BCUT2D eigenvalue weighted by Crippen LogP contribution is 2.28. The van der Waals surface area contributed by atoms with Gasteiger partial charge in [0.2, 0.25) is 0 Å². The van der Waals surface area contributed by atoms with Gasteiger partial charge in [0.05, 0.1) is 19.2 Å². The van der Waals surface area contributed by atoms with Crippen molar-refractivity contribution in [3.8, 4) is 5.75 Å². The zero-order chi connectivity index (χ0) is 17.6. The molecule has 1 aliphatic heterocycles. The molecule has 1 N–H and O–H groups in total. The molecule has 5 nitrogen and oxygen atoms in total. The minimum absolute atomic E-state index is 0.0807. The summed E-state index contributed by atoms with van der Waals surface area (Å²) in [6.45, 7) is 4.55. The lowest BCUT2D eigenvalue weighted by molar-refractivity contribution is -0.136. The number of carbonyl (C=O) groups is 1. The van der Waals surface area contributed by atoms with E-state index in [0.717, 1.165) is 55.3 Å². The Bertz CT molecular complexity index is 724. The van der Waals surface area contributed by atoms with Crippen LogP contribution in [0.1, 0.15) is 11.1 Å². The molecule has 0 atom stereocenters. The van der Waals surface area contributed by atoms with Crippen molar-refractivity contribution in [1.29, 1.82) is 0 Å². The van der Waals surface area contributed by atoms with Crippen LogP contribution in [0, 0.1) is 0 Å². The van der Waals surface area contributed by atoms with Crippen molar-refractivity contribution in [1.82, 2.24) is 4.90 Å². The fourth-order valence-electron chi connectivity index (χ4n) is 3.33. The minimum Gasteiger partial charge on any atom is -0.495 e. The molecule has 3 rings (SSSR count). The number of benzene rings is 2. The number of ether oxygens (including phenoxy) is 1. The normalized spacial score (nSPS) is 15.2. The molecule has 0 spiro atoms. The predicted molar refractivity (Wildman–Crippen MR) is 98.3 cm³/mol. The molecule has 132 valence electrons. The van der Waals surface area contributed by atoms with Crippen molar-refractivity contribution in [2.45, 2.75) is 13.0 Å². The van der Waals surface area contributed by atoms with Crippen LogP contribution < -0.4 is 9.64 Å². The van der Waals surface area contributed by atoms with Gasteiger partial charge in [0.1, 0.15) is 5.75 Å². The van der Waals surface area contributed by atoms with Crippen molar-refractivity contribution in [3.05, 3.63) is 59.7 Å². The minimum atomic E-state index is -0.784. The molecular formula is C20H24N2O3. The molecule has 0 saturated carbocycles. The Labute approximate surface area is 148 Å². The number of rotatable bonds is 6. The Kier molecular flexibility index (Phi) is 5.56. The van der Waals surface area contributed by atoms with Crippen molar-refractivity contribution < 1.29 is 14.6 Å². The Morgan fingerprint density at radius 1 is 1.00 bits per heavy atom. The van der Waals surface area contributed by atoms with E-state index in [1.807, 2.05) is 42.5 Å². The van der Waals surface area contributed by atoms with Crippen molar-refractivity contribution in [3.63, 3.8) is 0 Å². The molecule has 0 aliphatic carbocycles. The van der Waals surface area contributed by atoms with Crippen LogP contribution in [0.25, 0.3) is 0 Å². The summed E-state index contributed by atoms with van der Waals surface area (Å²) in [6.07, 6.45) is 0.0807. The Balaban J connectivity index is 1.63. The van der Waals surface area contributed by atoms with Crippen LogP contribution in [0.5, 0.6) is 5.75 Å². The van der Waals surface area contributed by atoms with Gasteiger partial charge in [0.25, 0.3) is 0 Å². The number of carboxylic acids is 1. The summed E-state index contributed by atoms with van der Waals surface area (Å²) in [5.41, 5.74) is 3.15. The smallest absolute Gasteiger partial charge is 0.307 e. The van der Waals surface area contributed by atoms with Gasteiger partial charge in [-0.2, -0.15) is 0 Å². The van der Waals surface area contributed by atoms with E-state index < -0.39 is 5.97 Å². The van der Waals surface area contributed by atoms with E-state index in [0.29, 0.717) is 0 Å². The molecule has 2 aromatic carbocycles. The second-order valence-corrected chi connectivity index (χ2v) is 6.27. The second kappa shape index (κ2) is 8.03. The number of methoxy groups -OCH3 is 1. The van der Waals surface area contributed by atoms with Gasteiger partial charge in [-0.1, -0.05) is 36.4 Å². The van der Waals surface area contributed by atoms with E-state index in [9.17, 15) is 4.79 Å². The molecular weight excluding hydrogens is 316 g/mol. The summed E-state index contributed by atoms with van der Waals surface area (Å²) in [7, 11) is 1.70. The average Bonchev–Trinajstić information content (AvgIpc) is 2.63. The molecule has 2 aromatic rings. The van der Waals surface area contributed by atoms with Crippen LogP contribution in [0.4, 0.5) is 5.69 Å². The molecule has 0 bridgehead atoms. The van der Waals surface area contributed by atoms with Crippen molar-refractivity contribution >= 4 is 11.7 Å². The third-order valence-electron chi connectivity index (χ3n) is 4.65. The number of aliphatic carboxylic acids is 1. The van der Waals surface area contributed by atoms with Crippen LogP contribution in [0.2, 0.25) is 0 Å². The number of carboxylic acid groups (broad SMARTS) is 1. The average molecular weight is 340 g/mol. The SMILES string of the molecule is COc1ccccc1N1CCN(Cc2ccccc2CC(=O)O)CC1. The zero-order valence-corrected chi connectivity index (χ0v) is 14.5. The number of hydrogen-bond donors (Lipinski definition) is 1. The highest BCUT2D eigenvalue weighted by molar-refractivity contribution is 5.70. The molecule has 0 aromatic heterocycles. The number of anilines is 1. The molecule has 25 heavy (non-hydrogen) atoms. The summed E-state index contributed by atoms with van der Waals surface area (Å²) in [6, 6.07) is 15.9. The molecule has 1 heterocycles. The van der Waals surface area contributed by atoms with Gasteiger partial charge in [-0.25, -0.2) is 0 Å². The van der Waals surface area contributed by atoms with E-state index in [2.05, 4.69) is 15.9 Å². The lowest BCUT2D eigenvalue weighted by Crippen LogP contribution is -2.46. The van der Waals surface area contributed by atoms with Crippen LogP contribution in [-0.2, 0) is 17.8 Å². The number of hydrogen-bond acceptors (Lipinski definition) is 4. The maximum Gasteiger partial charge on any atom is 0.307 e. The van der Waals surface area contributed by atoms with Gasteiger partial charge >= 0.3 is 5.97 Å². The van der Waals surface area contributed by atoms with Crippen LogP contribution >= 0.6 is 0 Å². The van der Waals surface area contributed by atoms with Crippen LogP contribution in [0.3, 0.4) is 0 Å². The number of nitrogens with zero attached hydrogens (tertiary/aromatic N) is 2. The topological polar surface area (TPSA) is 53.0 Å². The van der Waals surface area contributed by atoms with Gasteiger partial charge < -0.3 is 14.7 Å². The van der Waals surface area contributed by atoms with Crippen LogP contribution in [-0.4, -0.2) is 49.3 Å². The van der Waals surface area contributed by atoms with Gasteiger partial charge in [-0.15, -0.1) is 0 Å². The quantitative estimate of drug-likeness (QED) is 0.876. The van der Waals surface area contributed by atoms with Gasteiger partial charge in [-0.3, -0.25) is 9.69 Å². The monoisotopic (exact) mass is 340 g/mol. The first kappa shape index (κ1) is 17.3. The van der Waals surface area contributed by atoms with Crippen molar-refractivity contribution in [2.24, 2.45) is 0 Å². The Morgan fingerprint density at radius 2 is 1.64 bits per heavy atom. The summed E-state index contributed by atoms with van der Waals surface area (Å²) in [5, 5.41) is 9.08. The van der Waals surface area contributed by atoms with E-state index in [-0.39, 0.29) is 6.42 Å². The molecule has 0 amide bonds. The standard InChI is InChI=1S/C20H24N2O3/c1-25-19-9-5-4-8-18(19)22-12-10-21(11-13-22)15-17-7-3-2-6-16(17)14-20(23)24/h2-9H,10-15H2,1H3,(H,23,24). The summed E-state index contributed by atoms with van der Waals surface area (Å²) in [4.78, 5) is 15.8. The Hall–Kier alpha value is -2.53. The van der Waals surface area contributed by atoms with E-state index in [1.54, 1.807) is 7.11 Å². The molecule has 0 radical (unpaired) electrons. The largest absolute Gasteiger partial charge is 0.495 e. The summed E-state index contributed by atoms with van der Waals surface area (Å²) < 4.78 is 5.46.